The average molecular weight is 378 g/mol. The second-order valence-corrected chi connectivity index (χ2v) is 6.40. The molecule has 9 heteroatoms. The molecule has 2 rings (SSSR count). The van der Waals surface area contributed by atoms with Crippen LogP contribution in [0.25, 0.3) is 0 Å². The van der Waals surface area contributed by atoms with Crippen LogP contribution in [-0.2, 0) is 0 Å². The van der Waals surface area contributed by atoms with Crippen LogP contribution in [0.2, 0.25) is 0 Å². The molecule has 3 amide bonds. The fraction of sp³-hybridized carbons (Fsp3) is 0.353. The molecule has 0 bridgehead atoms. The number of primary amides is 1. The van der Waals surface area contributed by atoms with Crippen molar-refractivity contribution < 1.29 is 19.1 Å². The highest BCUT2D eigenvalue weighted by Gasteiger charge is 2.12. The van der Waals surface area contributed by atoms with Crippen molar-refractivity contribution in [3.8, 4) is 16.6 Å². The number of ether oxygens (including phenoxy) is 2. The van der Waals surface area contributed by atoms with Gasteiger partial charge in [-0.05, 0) is 18.6 Å². The lowest BCUT2D eigenvalue weighted by atomic mass is 10.2. The number of carbonyl (C=O) groups is 2. The Kier molecular flexibility index (Phi) is 7.22. The quantitative estimate of drug-likeness (QED) is 0.579. The van der Waals surface area contributed by atoms with Gasteiger partial charge in [0.1, 0.15) is 0 Å². The molecule has 4 N–H and O–H groups in total. The lowest BCUT2D eigenvalue weighted by molar-refractivity contribution is 0.1000. The molecule has 0 radical (unpaired) electrons. The molecule has 26 heavy (non-hydrogen) atoms. The lowest BCUT2D eigenvalue weighted by Crippen LogP contribution is -2.29. The summed E-state index contributed by atoms with van der Waals surface area (Å²) in [5, 5.41) is 6.12. The number of anilines is 1. The summed E-state index contributed by atoms with van der Waals surface area (Å²) in [7, 11) is 1.50. The fourth-order valence-corrected chi connectivity index (χ4v) is 2.74. The number of aromatic nitrogens is 1. The summed E-state index contributed by atoms with van der Waals surface area (Å²) in [6.07, 6.45) is 4.54. The van der Waals surface area contributed by atoms with Crippen molar-refractivity contribution in [2.75, 3.05) is 19.0 Å². The van der Waals surface area contributed by atoms with E-state index < -0.39 is 5.91 Å². The summed E-state index contributed by atoms with van der Waals surface area (Å²) in [6.45, 7) is 2.74. The number of hydrogen-bond acceptors (Lipinski definition) is 6. The second-order valence-electron chi connectivity index (χ2n) is 5.40. The maximum absolute atomic E-state index is 11.9. The van der Waals surface area contributed by atoms with E-state index in [1.807, 2.05) is 0 Å². The molecule has 0 fully saturated rings. The molecule has 1 aromatic carbocycles. The largest absolute Gasteiger partial charge is 0.493 e. The van der Waals surface area contributed by atoms with Crippen molar-refractivity contribution in [1.29, 1.82) is 0 Å². The number of thiazole rings is 1. The van der Waals surface area contributed by atoms with Crippen LogP contribution in [-0.4, -0.2) is 30.6 Å². The van der Waals surface area contributed by atoms with E-state index in [0.29, 0.717) is 28.8 Å². The van der Waals surface area contributed by atoms with E-state index in [1.165, 1.54) is 13.3 Å². The first-order valence-corrected chi connectivity index (χ1v) is 9.01. The van der Waals surface area contributed by atoms with Gasteiger partial charge in [0.15, 0.2) is 16.5 Å². The number of hydrogen-bond donors (Lipinski definition) is 3. The summed E-state index contributed by atoms with van der Waals surface area (Å²) in [6, 6.07) is 4.73. The summed E-state index contributed by atoms with van der Waals surface area (Å²) in [5.41, 5.74) is 5.75. The SMILES string of the molecule is CCCCCNC(=O)Nc1ccc(Oc2cnc(C(N)=O)s2)c(OC)c1. The van der Waals surface area contributed by atoms with Gasteiger partial charge in [0.25, 0.3) is 5.91 Å². The molecule has 0 saturated carbocycles. The molecule has 8 nitrogen and oxygen atoms in total. The third kappa shape index (κ3) is 5.62. The van der Waals surface area contributed by atoms with Crippen LogP contribution in [0, 0.1) is 0 Å². The number of nitrogens with one attached hydrogen (secondary N) is 2. The maximum Gasteiger partial charge on any atom is 0.319 e. The van der Waals surface area contributed by atoms with Crippen LogP contribution in [0.15, 0.2) is 24.4 Å². The molecule has 0 atom stereocenters. The Labute approximate surface area is 155 Å². The molecule has 2 aromatic rings. The minimum atomic E-state index is -0.610. The number of nitrogens with zero attached hydrogens (tertiary/aromatic N) is 1. The molecular weight excluding hydrogens is 356 g/mol. The molecule has 140 valence electrons. The Balaban J connectivity index is 1.99. The van der Waals surface area contributed by atoms with Gasteiger partial charge in [-0.25, -0.2) is 9.78 Å². The molecule has 0 spiro atoms. The summed E-state index contributed by atoms with van der Waals surface area (Å²) >= 11 is 1.04. The zero-order chi connectivity index (χ0) is 18.9. The number of nitrogens with two attached hydrogens (primary N) is 1. The molecular formula is C17H22N4O4S. The summed E-state index contributed by atoms with van der Waals surface area (Å²) < 4.78 is 11.0. The van der Waals surface area contributed by atoms with E-state index in [1.54, 1.807) is 18.2 Å². The highest BCUT2D eigenvalue weighted by atomic mass is 32.1. The molecule has 1 heterocycles. The van der Waals surface area contributed by atoms with E-state index in [0.717, 1.165) is 30.6 Å². The fourth-order valence-electron chi connectivity index (χ4n) is 2.11. The van der Waals surface area contributed by atoms with Gasteiger partial charge in [0, 0.05) is 18.3 Å². The van der Waals surface area contributed by atoms with Crippen LogP contribution < -0.4 is 25.8 Å². The summed E-state index contributed by atoms with van der Waals surface area (Å²) in [5.74, 6) is 0.255. The maximum atomic E-state index is 11.9. The standard InChI is InChI=1S/C17H22N4O4S/c1-3-4-5-8-19-17(23)21-11-6-7-12(13(9-11)24-2)25-14-10-20-16(26-14)15(18)22/h6-7,9-10H,3-5,8H2,1-2H3,(H2,18,22)(H2,19,21,23). The first-order valence-electron chi connectivity index (χ1n) is 8.19. The van der Waals surface area contributed by atoms with Gasteiger partial charge in [-0.15, -0.1) is 0 Å². The smallest absolute Gasteiger partial charge is 0.319 e. The van der Waals surface area contributed by atoms with Crippen LogP contribution >= 0.6 is 11.3 Å². The van der Waals surface area contributed by atoms with Crippen molar-refractivity contribution >= 4 is 29.0 Å². The number of rotatable bonds is 9. The third-order valence-electron chi connectivity index (χ3n) is 3.39. The van der Waals surface area contributed by atoms with Crippen molar-refractivity contribution in [2.45, 2.75) is 26.2 Å². The predicted octanol–water partition coefficient (Wildman–Crippen LogP) is 3.35. The van der Waals surface area contributed by atoms with Gasteiger partial charge in [0.2, 0.25) is 5.06 Å². The molecule has 0 aliphatic rings. The highest BCUT2D eigenvalue weighted by molar-refractivity contribution is 7.15. The van der Waals surface area contributed by atoms with Crippen molar-refractivity contribution in [3.05, 3.63) is 29.4 Å². The zero-order valence-corrected chi connectivity index (χ0v) is 15.5. The lowest BCUT2D eigenvalue weighted by Gasteiger charge is -2.12. The van der Waals surface area contributed by atoms with E-state index >= 15 is 0 Å². The van der Waals surface area contributed by atoms with Gasteiger partial charge in [-0.2, -0.15) is 0 Å². The van der Waals surface area contributed by atoms with Gasteiger partial charge >= 0.3 is 6.03 Å². The number of methoxy groups -OCH3 is 1. The molecule has 0 aliphatic carbocycles. The Hall–Kier alpha value is -2.81. The molecule has 0 unspecified atom stereocenters. The Morgan fingerprint density at radius 2 is 2.08 bits per heavy atom. The predicted molar refractivity (Wildman–Crippen MR) is 100 cm³/mol. The van der Waals surface area contributed by atoms with Crippen LogP contribution in [0.4, 0.5) is 10.5 Å². The Morgan fingerprint density at radius 3 is 2.73 bits per heavy atom. The topological polar surface area (TPSA) is 116 Å². The molecule has 0 aliphatic heterocycles. The third-order valence-corrected chi connectivity index (χ3v) is 4.28. The van der Waals surface area contributed by atoms with Gasteiger partial charge < -0.3 is 25.8 Å². The van der Waals surface area contributed by atoms with E-state index in [2.05, 4.69) is 22.5 Å². The van der Waals surface area contributed by atoms with Crippen molar-refractivity contribution in [3.63, 3.8) is 0 Å². The number of amides is 3. The second kappa shape index (κ2) is 9.62. The molecule has 1 aromatic heterocycles. The van der Waals surface area contributed by atoms with Gasteiger partial charge in [-0.3, -0.25) is 4.79 Å². The van der Waals surface area contributed by atoms with Crippen molar-refractivity contribution in [1.82, 2.24) is 10.3 Å². The van der Waals surface area contributed by atoms with Gasteiger partial charge in [0.05, 0.1) is 13.3 Å². The number of unbranched alkanes of at least 4 members (excludes halogenated alkanes) is 2. The summed E-state index contributed by atoms with van der Waals surface area (Å²) in [4.78, 5) is 26.8. The number of benzene rings is 1. The zero-order valence-electron chi connectivity index (χ0n) is 14.7. The Bertz CT molecular complexity index is 763. The van der Waals surface area contributed by atoms with Crippen LogP contribution in [0.5, 0.6) is 16.6 Å². The first-order chi connectivity index (χ1) is 12.5. The first kappa shape index (κ1) is 19.5. The van der Waals surface area contributed by atoms with Crippen LogP contribution in [0.1, 0.15) is 36.0 Å². The van der Waals surface area contributed by atoms with E-state index in [9.17, 15) is 9.59 Å². The minimum absolute atomic E-state index is 0.164. The normalized spacial score (nSPS) is 10.2. The van der Waals surface area contributed by atoms with E-state index in [4.69, 9.17) is 15.2 Å². The van der Waals surface area contributed by atoms with E-state index in [-0.39, 0.29) is 11.0 Å². The monoisotopic (exact) mass is 378 g/mol. The average Bonchev–Trinajstić information content (AvgIpc) is 3.09. The van der Waals surface area contributed by atoms with Crippen molar-refractivity contribution in [2.24, 2.45) is 5.73 Å². The minimum Gasteiger partial charge on any atom is -0.493 e. The molecule has 0 saturated heterocycles. The number of urea groups is 1. The Morgan fingerprint density at radius 1 is 1.27 bits per heavy atom. The van der Waals surface area contributed by atoms with Crippen LogP contribution in [0.3, 0.4) is 0 Å². The number of carbonyl (C=O) groups excluding carboxylic acids is 2. The highest BCUT2D eigenvalue weighted by Crippen LogP contribution is 2.35. The van der Waals surface area contributed by atoms with Gasteiger partial charge in [-0.1, -0.05) is 31.1 Å².